The first-order valence-electron chi connectivity index (χ1n) is 17.6. The van der Waals surface area contributed by atoms with Gasteiger partial charge in [0.2, 0.25) is 0 Å². The highest BCUT2D eigenvalue weighted by atomic mass is 16.6. The summed E-state index contributed by atoms with van der Waals surface area (Å²) in [4.78, 5) is 26.7. The molecule has 5 aliphatic carbocycles. The van der Waals surface area contributed by atoms with Crippen LogP contribution >= 0.6 is 0 Å². The van der Waals surface area contributed by atoms with Crippen molar-refractivity contribution >= 4 is 12.1 Å². The van der Waals surface area contributed by atoms with Crippen molar-refractivity contribution in [1.29, 1.82) is 0 Å². The Kier molecular flexibility index (Phi) is 6.81. The minimum atomic E-state index is -1.26. The maximum atomic E-state index is 12.8. The molecule has 2 saturated heterocycles. The predicted molar refractivity (Wildman–Crippen MR) is 164 cm³/mol. The summed E-state index contributed by atoms with van der Waals surface area (Å²) >= 11 is 0. The number of likely N-dealkylation sites (tertiary alicyclic amines) is 1. The number of aliphatic hydroxyl groups is 2. The van der Waals surface area contributed by atoms with E-state index in [1.54, 1.807) is 13.8 Å². The second kappa shape index (κ2) is 9.59. The number of fused-ring (bicyclic) bond motifs is 4. The van der Waals surface area contributed by atoms with Crippen molar-refractivity contribution < 1.29 is 34.0 Å². The number of esters is 1. The zero-order valence-corrected chi connectivity index (χ0v) is 28.4. The normalized spacial score (nSPS) is 50.9. The van der Waals surface area contributed by atoms with E-state index in [0.717, 1.165) is 51.6 Å². The fourth-order valence-electron chi connectivity index (χ4n) is 13.3. The van der Waals surface area contributed by atoms with E-state index in [1.807, 2.05) is 4.90 Å². The van der Waals surface area contributed by atoms with Gasteiger partial charge in [-0.3, -0.25) is 4.79 Å². The minimum absolute atomic E-state index is 0.0445. The Morgan fingerprint density at radius 3 is 2.27 bits per heavy atom. The van der Waals surface area contributed by atoms with Crippen molar-refractivity contribution in [2.24, 2.45) is 50.7 Å². The average Bonchev–Trinajstić information content (AvgIpc) is 3.52. The lowest BCUT2D eigenvalue weighted by molar-refractivity contribution is -0.216. The molecule has 8 heteroatoms. The van der Waals surface area contributed by atoms with Gasteiger partial charge in [-0.05, 0) is 112 Å². The Balaban J connectivity index is 1.16. The van der Waals surface area contributed by atoms with Gasteiger partial charge in [0.1, 0.15) is 6.10 Å². The highest BCUT2D eigenvalue weighted by Crippen LogP contribution is 2.89. The minimum Gasteiger partial charge on any atom is -0.457 e. The van der Waals surface area contributed by atoms with Crippen LogP contribution < -0.4 is 0 Å². The van der Waals surface area contributed by atoms with E-state index < -0.39 is 29.9 Å². The van der Waals surface area contributed by atoms with Crippen molar-refractivity contribution in [1.82, 2.24) is 4.90 Å². The number of nitrogens with zero attached hydrogens (tertiary/aromatic N) is 1. The van der Waals surface area contributed by atoms with Gasteiger partial charge < -0.3 is 29.3 Å². The van der Waals surface area contributed by atoms with Crippen molar-refractivity contribution in [3.63, 3.8) is 0 Å². The number of ether oxygens (including phenoxy) is 3. The number of aliphatic hydroxyl groups excluding tert-OH is 1. The first-order chi connectivity index (χ1) is 20.4. The molecule has 4 unspecified atom stereocenters. The highest BCUT2D eigenvalue weighted by molar-refractivity contribution is 5.68. The fourth-order valence-corrected chi connectivity index (χ4v) is 13.3. The molecule has 8 nitrogen and oxygen atoms in total. The maximum absolute atomic E-state index is 12.8. The Hall–Kier alpha value is -1.38. The monoisotopic (exact) mass is 615 g/mol. The van der Waals surface area contributed by atoms with E-state index in [4.69, 9.17) is 14.2 Å². The molecule has 1 amide bonds. The van der Waals surface area contributed by atoms with Crippen molar-refractivity contribution in [3.05, 3.63) is 0 Å². The van der Waals surface area contributed by atoms with Crippen molar-refractivity contribution in [2.45, 2.75) is 149 Å². The summed E-state index contributed by atoms with van der Waals surface area (Å²) in [6.45, 7) is 18.1. The van der Waals surface area contributed by atoms with Gasteiger partial charge >= 0.3 is 12.1 Å². The Morgan fingerprint density at radius 2 is 1.66 bits per heavy atom. The third-order valence-electron chi connectivity index (χ3n) is 15.4. The van der Waals surface area contributed by atoms with Crippen LogP contribution in [-0.4, -0.2) is 76.4 Å². The molecule has 0 bridgehead atoms. The van der Waals surface area contributed by atoms with Gasteiger partial charge in [-0.15, -0.1) is 0 Å². The fraction of sp³-hybridized carbons (Fsp3) is 0.944. The molecule has 248 valence electrons. The van der Waals surface area contributed by atoms with Gasteiger partial charge in [-0.1, -0.05) is 34.6 Å². The van der Waals surface area contributed by atoms with Crippen LogP contribution in [0, 0.1) is 50.7 Å². The lowest BCUT2D eigenvalue weighted by Crippen LogP contribution is -2.60. The molecule has 2 heterocycles. The number of rotatable bonds is 4. The van der Waals surface area contributed by atoms with Gasteiger partial charge in [0.05, 0.1) is 23.9 Å². The van der Waals surface area contributed by atoms with E-state index >= 15 is 0 Å². The first-order valence-corrected chi connectivity index (χ1v) is 17.6. The second-order valence-corrected chi connectivity index (χ2v) is 18.0. The summed E-state index contributed by atoms with van der Waals surface area (Å²) in [6, 6.07) is 0. The largest absolute Gasteiger partial charge is 0.457 e. The zero-order chi connectivity index (χ0) is 31.8. The first kappa shape index (κ1) is 31.2. The molecule has 7 rings (SSSR count). The van der Waals surface area contributed by atoms with E-state index in [1.165, 1.54) is 19.8 Å². The highest BCUT2D eigenvalue weighted by Gasteiger charge is 2.84. The summed E-state index contributed by atoms with van der Waals surface area (Å²) < 4.78 is 18.7. The smallest absolute Gasteiger partial charge is 0.410 e. The van der Waals surface area contributed by atoms with Crippen molar-refractivity contribution in [3.8, 4) is 0 Å². The summed E-state index contributed by atoms with van der Waals surface area (Å²) in [5, 5.41) is 23.5. The van der Waals surface area contributed by atoms with E-state index in [-0.39, 0.29) is 57.2 Å². The lowest BCUT2D eigenvalue weighted by atomic mass is 9.41. The van der Waals surface area contributed by atoms with Crippen molar-refractivity contribution in [2.75, 3.05) is 13.1 Å². The Labute approximate surface area is 263 Å². The van der Waals surface area contributed by atoms with E-state index in [0.29, 0.717) is 18.3 Å². The second-order valence-electron chi connectivity index (χ2n) is 18.0. The summed E-state index contributed by atoms with van der Waals surface area (Å²) in [5.74, 6) is 0.958. The number of hydrogen-bond acceptors (Lipinski definition) is 7. The SMILES string of the molecule is CC(=O)O[C@@H](C1C[C@@H](C)[C@H]2C(O1)[C@H](O)[C@@]1(C)C3CC[C@H]4C(C)(C)C(OC(=O)N5CCC5)CC[C@@]45C[C@@]35CC[C@]21C)C(C)(C)O. The molecule has 0 aromatic rings. The van der Waals surface area contributed by atoms with Crippen LogP contribution in [0.3, 0.4) is 0 Å². The number of carbonyl (C=O) groups is 2. The molecule has 7 aliphatic rings. The Bertz CT molecular complexity index is 1210. The third-order valence-corrected chi connectivity index (χ3v) is 15.4. The van der Waals surface area contributed by atoms with Crippen LogP contribution in [-0.2, 0) is 19.0 Å². The molecule has 0 aromatic heterocycles. The van der Waals surface area contributed by atoms with Crippen LogP contribution in [0.15, 0.2) is 0 Å². The molecule has 2 aliphatic heterocycles. The summed E-state index contributed by atoms with van der Waals surface area (Å²) in [7, 11) is 0. The van der Waals surface area contributed by atoms with Gasteiger partial charge in [0.15, 0.2) is 6.10 Å². The molecule has 2 spiro atoms. The van der Waals surface area contributed by atoms with Gasteiger partial charge in [-0.25, -0.2) is 4.79 Å². The van der Waals surface area contributed by atoms with E-state index in [9.17, 15) is 19.8 Å². The molecule has 0 aromatic carbocycles. The molecule has 7 fully saturated rings. The van der Waals surface area contributed by atoms with Crippen LogP contribution in [0.1, 0.15) is 113 Å². The molecule has 13 atom stereocenters. The molecule has 5 saturated carbocycles. The third kappa shape index (κ3) is 3.85. The number of carbonyl (C=O) groups excluding carboxylic acids is 2. The van der Waals surface area contributed by atoms with Crippen LogP contribution in [0.4, 0.5) is 4.79 Å². The number of hydrogen-bond donors (Lipinski definition) is 2. The predicted octanol–water partition coefficient (Wildman–Crippen LogP) is 5.71. The molecular formula is C36H57NO7. The Morgan fingerprint density at radius 1 is 1.00 bits per heavy atom. The quantitative estimate of drug-likeness (QED) is 0.390. The van der Waals surface area contributed by atoms with Crippen LogP contribution in [0.25, 0.3) is 0 Å². The molecular weight excluding hydrogens is 558 g/mol. The van der Waals surface area contributed by atoms with Crippen LogP contribution in [0.2, 0.25) is 0 Å². The van der Waals surface area contributed by atoms with Gasteiger partial charge in [-0.2, -0.15) is 0 Å². The average molecular weight is 616 g/mol. The standard InChI is InChI=1S/C36H57NO7/c1-20-18-22(29(32(5,6)41)42-21(2)38)43-27-26(20)33(7)14-15-36-19-35(36)13-12-25(44-30(40)37-16-9-17-37)31(3,4)23(35)10-11-24(36)34(33,8)28(27)39/h20,22-29,39,41H,9-19H2,1-8H3/t20-,22?,23+,24?,25?,26+,27?,28+,29+,33-,34-,35-,36+/m1/s1. The zero-order valence-electron chi connectivity index (χ0n) is 28.4. The van der Waals surface area contributed by atoms with Gasteiger partial charge in [0, 0.05) is 30.8 Å². The van der Waals surface area contributed by atoms with E-state index in [2.05, 4.69) is 34.6 Å². The maximum Gasteiger partial charge on any atom is 0.410 e. The molecule has 44 heavy (non-hydrogen) atoms. The number of amides is 1. The van der Waals surface area contributed by atoms with Crippen LogP contribution in [0.5, 0.6) is 0 Å². The topological polar surface area (TPSA) is 106 Å². The summed E-state index contributed by atoms with van der Waals surface area (Å²) in [6.07, 6.45) is 7.08. The summed E-state index contributed by atoms with van der Waals surface area (Å²) in [5.41, 5.74) is -1.23. The van der Waals surface area contributed by atoms with Gasteiger partial charge in [0.25, 0.3) is 0 Å². The molecule has 0 radical (unpaired) electrons. The molecule has 2 N–H and O–H groups in total. The lowest BCUT2D eigenvalue weighted by Gasteiger charge is -2.63.